The molecule has 2 unspecified atom stereocenters. The lowest BCUT2D eigenvalue weighted by molar-refractivity contribution is -0.0785. The van der Waals surface area contributed by atoms with E-state index in [0.29, 0.717) is 5.92 Å². The van der Waals surface area contributed by atoms with E-state index in [2.05, 4.69) is 46.4 Å². The molecule has 120 valence electrons. The Balaban J connectivity index is 2.70. The molecule has 3 nitrogen and oxygen atoms in total. The molecule has 1 aliphatic rings. The summed E-state index contributed by atoms with van der Waals surface area (Å²) in [5.74, 6) is 0.409. The van der Waals surface area contributed by atoms with Crippen LogP contribution in [0.15, 0.2) is 0 Å². The molecule has 0 bridgehead atoms. The van der Waals surface area contributed by atoms with E-state index in [0.717, 1.165) is 6.54 Å². The third-order valence-corrected chi connectivity index (χ3v) is 4.77. The van der Waals surface area contributed by atoms with E-state index in [1.165, 1.54) is 38.8 Å². The zero-order valence-corrected chi connectivity index (χ0v) is 14.5. The Kier molecular flexibility index (Phi) is 6.49. The molecule has 0 aromatic rings. The molecule has 0 aromatic heterocycles. The van der Waals surface area contributed by atoms with E-state index in [1.807, 2.05) is 0 Å². The van der Waals surface area contributed by atoms with Gasteiger partial charge in [-0.25, -0.2) is 0 Å². The van der Waals surface area contributed by atoms with Crippen molar-refractivity contribution in [2.24, 2.45) is 11.7 Å². The number of hydrogen-bond donors (Lipinski definition) is 1. The lowest BCUT2D eigenvalue weighted by Gasteiger charge is -2.33. The fourth-order valence-corrected chi connectivity index (χ4v) is 3.41. The van der Waals surface area contributed by atoms with Gasteiger partial charge in [-0.1, -0.05) is 26.7 Å². The summed E-state index contributed by atoms with van der Waals surface area (Å²) in [6.45, 7) is 16.6. The second kappa shape index (κ2) is 7.24. The lowest BCUT2D eigenvalue weighted by atomic mass is 9.82. The summed E-state index contributed by atoms with van der Waals surface area (Å²) in [5.41, 5.74) is 6.15. The van der Waals surface area contributed by atoms with Crippen molar-refractivity contribution >= 4 is 0 Å². The standard InChI is InChI=1S/C17H36N2O/c1-7-9-11-19(12-10-8-2)13-14-15(18)17(5,6)20-16(14,3)4/h14-15H,7-13,18H2,1-6H3. The van der Waals surface area contributed by atoms with Gasteiger partial charge in [0.1, 0.15) is 0 Å². The average molecular weight is 284 g/mol. The van der Waals surface area contributed by atoms with Gasteiger partial charge >= 0.3 is 0 Å². The van der Waals surface area contributed by atoms with E-state index >= 15 is 0 Å². The average Bonchev–Trinajstić information content (AvgIpc) is 2.50. The molecular formula is C17H36N2O. The van der Waals surface area contributed by atoms with Crippen molar-refractivity contribution in [2.75, 3.05) is 19.6 Å². The summed E-state index contributed by atoms with van der Waals surface area (Å²) in [5, 5.41) is 0. The summed E-state index contributed by atoms with van der Waals surface area (Å²) in [4.78, 5) is 2.60. The SMILES string of the molecule is CCCCN(CCCC)CC1C(N)C(C)(C)OC1(C)C. The van der Waals surface area contributed by atoms with Gasteiger partial charge in [-0.2, -0.15) is 0 Å². The first kappa shape index (κ1) is 17.9. The molecule has 1 saturated heterocycles. The predicted octanol–water partition coefficient (Wildman–Crippen LogP) is 3.42. The molecule has 0 radical (unpaired) electrons. The number of ether oxygens (including phenoxy) is 1. The maximum absolute atomic E-state index is 6.49. The molecule has 0 aliphatic carbocycles. The van der Waals surface area contributed by atoms with Gasteiger partial charge in [0.25, 0.3) is 0 Å². The maximum atomic E-state index is 6.49. The van der Waals surface area contributed by atoms with Gasteiger partial charge in [0.2, 0.25) is 0 Å². The van der Waals surface area contributed by atoms with E-state index < -0.39 is 0 Å². The Morgan fingerprint density at radius 2 is 1.45 bits per heavy atom. The first-order chi connectivity index (χ1) is 9.24. The molecular weight excluding hydrogens is 248 g/mol. The van der Waals surface area contributed by atoms with Crippen LogP contribution in [-0.4, -0.2) is 41.8 Å². The fraction of sp³-hybridized carbons (Fsp3) is 1.00. The van der Waals surface area contributed by atoms with Gasteiger partial charge < -0.3 is 15.4 Å². The summed E-state index contributed by atoms with van der Waals surface area (Å²) in [6.07, 6.45) is 5.06. The van der Waals surface area contributed by atoms with E-state index in [1.54, 1.807) is 0 Å². The molecule has 1 heterocycles. The van der Waals surface area contributed by atoms with Crippen LogP contribution >= 0.6 is 0 Å². The molecule has 0 amide bonds. The van der Waals surface area contributed by atoms with Crippen molar-refractivity contribution in [2.45, 2.75) is 84.5 Å². The van der Waals surface area contributed by atoms with Crippen LogP contribution < -0.4 is 5.73 Å². The Hall–Kier alpha value is -0.120. The van der Waals surface area contributed by atoms with Gasteiger partial charge in [0.15, 0.2) is 0 Å². The van der Waals surface area contributed by atoms with Gasteiger partial charge in [-0.15, -0.1) is 0 Å². The van der Waals surface area contributed by atoms with Crippen LogP contribution in [0.25, 0.3) is 0 Å². The summed E-state index contributed by atoms with van der Waals surface area (Å²) in [7, 11) is 0. The largest absolute Gasteiger partial charge is 0.368 e. The maximum Gasteiger partial charge on any atom is 0.0788 e. The third-order valence-electron chi connectivity index (χ3n) is 4.77. The Bertz CT molecular complexity index is 281. The normalized spacial score (nSPS) is 28.2. The molecule has 20 heavy (non-hydrogen) atoms. The number of unbranched alkanes of at least 4 members (excludes halogenated alkanes) is 2. The molecule has 3 heteroatoms. The fourth-order valence-electron chi connectivity index (χ4n) is 3.41. The minimum Gasteiger partial charge on any atom is -0.368 e. The monoisotopic (exact) mass is 284 g/mol. The van der Waals surface area contributed by atoms with Crippen LogP contribution in [0.3, 0.4) is 0 Å². The van der Waals surface area contributed by atoms with Crippen molar-refractivity contribution in [1.82, 2.24) is 4.90 Å². The van der Waals surface area contributed by atoms with Crippen LogP contribution in [0.5, 0.6) is 0 Å². The highest BCUT2D eigenvalue weighted by Gasteiger charge is 2.52. The Morgan fingerprint density at radius 3 is 1.80 bits per heavy atom. The van der Waals surface area contributed by atoms with Crippen molar-refractivity contribution in [3.05, 3.63) is 0 Å². The van der Waals surface area contributed by atoms with Crippen molar-refractivity contribution in [1.29, 1.82) is 0 Å². The van der Waals surface area contributed by atoms with Crippen LogP contribution in [0.4, 0.5) is 0 Å². The molecule has 0 spiro atoms. The number of nitrogens with zero attached hydrogens (tertiary/aromatic N) is 1. The second-order valence-corrected chi connectivity index (χ2v) is 7.45. The predicted molar refractivity (Wildman–Crippen MR) is 87.0 cm³/mol. The van der Waals surface area contributed by atoms with Crippen molar-refractivity contribution < 1.29 is 4.74 Å². The zero-order chi connectivity index (χ0) is 15.4. The van der Waals surface area contributed by atoms with Crippen LogP contribution in [0.2, 0.25) is 0 Å². The topological polar surface area (TPSA) is 38.5 Å². The zero-order valence-electron chi connectivity index (χ0n) is 14.5. The number of hydrogen-bond acceptors (Lipinski definition) is 3. The van der Waals surface area contributed by atoms with Gasteiger partial charge in [0, 0.05) is 18.5 Å². The molecule has 1 rings (SSSR count). The summed E-state index contributed by atoms with van der Waals surface area (Å²) >= 11 is 0. The quantitative estimate of drug-likeness (QED) is 0.742. The molecule has 2 atom stereocenters. The van der Waals surface area contributed by atoms with Crippen LogP contribution in [0, 0.1) is 5.92 Å². The van der Waals surface area contributed by atoms with E-state index in [-0.39, 0.29) is 17.2 Å². The molecule has 1 fully saturated rings. The minimum absolute atomic E-state index is 0.114. The highest BCUT2D eigenvalue weighted by molar-refractivity contribution is 5.04. The van der Waals surface area contributed by atoms with Gasteiger partial charge in [-0.05, 0) is 53.6 Å². The second-order valence-electron chi connectivity index (χ2n) is 7.45. The molecule has 0 saturated carbocycles. The van der Waals surface area contributed by atoms with Crippen LogP contribution in [0.1, 0.15) is 67.2 Å². The number of rotatable bonds is 8. The van der Waals surface area contributed by atoms with Crippen LogP contribution in [-0.2, 0) is 4.74 Å². The highest BCUT2D eigenvalue weighted by atomic mass is 16.5. The Morgan fingerprint density at radius 1 is 0.950 bits per heavy atom. The van der Waals surface area contributed by atoms with Crippen molar-refractivity contribution in [3.63, 3.8) is 0 Å². The van der Waals surface area contributed by atoms with E-state index in [4.69, 9.17) is 10.5 Å². The Labute approximate surface area is 126 Å². The lowest BCUT2D eigenvalue weighted by Crippen LogP contribution is -2.48. The van der Waals surface area contributed by atoms with Gasteiger partial charge in [0.05, 0.1) is 11.2 Å². The number of nitrogens with two attached hydrogens (primary N) is 1. The first-order valence-electron chi connectivity index (χ1n) is 8.42. The summed E-state index contributed by atoms with van der Waals surface area (Å²) in [6, 6.07) is 0.114. The third kappa shape index (κ3) is 4.44. The molecule has 2 N–H and O–H groups in total. The molecule has 0 aromatic carbocycles. The molecule has 1 aliphatic heterocycles. The summed E-state index contributed by atoms with van der Waals surface area (Å²) < 4.78 is 6.22. The van der Waals surface area contributed by atoms with E-state index in [9.17, 15) is 0 Å². The first-order valence-corrected chi connectivity index (χ1v) is 8.42. The van der Waals surface area contributed by atoms with Crippen molar-refractivity contribution in [3.8, 4) is 0 Å². The van der Waals surface area contributed by atoms with Gasteiger partial charge in [-0.3, -0.25) is 0 Å². The smallest absolute Gasteiger partial charge is 0.0788 e. The highest BCUT2D eigenvalue weighted by Crippen LogP contribution is 2.41. The minimum atomic E-state index is -0.213.